The van der Waals surface area contributed by atoms with Gasteiger partial charge in [-0.2, -0.15) is 5.10 Å². The number of nitrogens with two attached hydrogens (primary N) is 1. The number of ether oxygens (including phenoxy) is 1. The molecule has 5 rings (SSSR count). The fourth-order valence-electron chi connectivity index (χ4n) is 3.90. The molecule has 0 radical (unpaired) electrons. The van der Waals surface area contributed by atoms with Gasteiger partial charge in [0, 0.05) is 41.8 Å². The smallest absolute Gasteiger partial charge is 0.277 e. The van der Waals surface area contributed by atoms with Crippen LogP contribution in [0.4, 0.5) is 11.4 Å². The Morgan fingerprint density at radius 3 is 2.38 bits per heavy atom. The van der Waals surface area contributed by atoms with Crippen LogP contribution in [0.25, 0.3) is 5.69 Å². The summed E-state index contributed by atoms with van der Waals surface area (Å²) in [6, 6.07) is 3.31. The predicted octanol–water partition coefficient (Wildman–Crippen LogP) is 2.70. The molecule has 3 aromatic rings. The van der Waals surface area contributed by atoms with Crippen LogP contribution >= 0.6 is 0 Å². The second-order valence-electron chi connectivity index (χ2n) is 7.53. The third-order valence-electron chi connectivity index (χ3n) is 5.53. The molecule has 2 aliphatic heterocycles. The molecule has 1 fully saturated rings. The van der Waals surface area contributed by atoms with Crippen LogP contribution in [0.1, 0.15) is 56.7 Å². The molecule has 3 amide bonds. The minimum atomic E-state index is -2.49. The van der Waals surface area contributed by atoms with E-state index in [-0.39, 0.29) is 29.9 Å². The maximum Gasteiger partial charge on any atom is 0.277 e. The fraction of sp³-hybridized carbons (Fsp3) is 0.280. The molecule has 0 atom stereocenters. The van der Waals surface area contributed by atoms with Gasteiger partial charge in [-0.15, -0.1) is 0 Å². The second-order valence-corrected chi connectivity index (χ2v) is 7.53. The normalized spacial score (nSPS) is 22.3. The van der Waals surface area contributed by atoms with Gasteiger partial charge in [-0.25, -0.2) is 4.68 Å². The molecule has 2 aromatic carbocycles. The third-order valence-corrected chi connectivity index (χ3v) is 5.53. The lowest BCUT2D eigenvalue weighted by molar-refractivity contribution is -0.119. The lowest BCUT2D eigenvalue weighted by Gasteiger charge is -2.29. The second kappa shape index (κ2) is 8.66. The van der Waals surface area contributed by atoms with Crippen molar-refractivity contribution in [3.8, 4) is 11.4 Å². The third kappa shape index (κ3) is 3.68. The standard InChI is InChI=1S/C25H25N5O4/c1-34-19-11-9-18(10-12-19)30-23-20(22(27-30)24(26)32)13-15-29(25(23)33)17-7-5-16(6-8-17)28-14-3-2-4-21(28)31/h5-12H,2-4,13-15H2,1H3,(H2,26,32)/i4D2,5D,6D,7D,8D,14D2. The lowest BCUT2D eigenvalue weighted by atomic mass is 10.0. The topological polar surface area (TPSA) is 111 Å². The first kappa shape index (κ1) is 14.2. The quantitative estimate of drug-likeness (QED) is 0.620. The summed E-state index contributed by atoms with van der Waals surface area (Å²) >= 11 is 0. The van der Waals surface area contributed by atoms with E-state index in [2.05, 4.69) is 5.10 Å². The van der Waals surface area contributed by atoms with Gasteiger partial charge in [0.25, 0.3) is 11.8 Å². The van der Waals surface area contributed by atoms with E-state index in [0.29, 0.717) is 16.3 Å². The minimum absolute atomic E-state index is 0.0319. The van der Waals surface area contributed by atoms with E-state index in [9.17, 15) is 14.4 Å². The van der Waals surface area contributed by atoms with Gasteiger partial charge in [0.05, 0.1) is 18.3 Å². The number of hydrogen-bond acceptors (Lipinski definition) is 5. The van der Waals surface area contributed by atoms with E-state index in [0.717, 1.165) is 4.90 Å². The number of nitrogens with zero attached hydrogens (tertiary/aromatic N) is 4. The highest BCUT2D eigenvalue weighted by Crippen LogP contribution is 2.31. The summed E-state index contributed by atoms with van der Waals surface area (Å²) in [5, 5.41) is 4.25. The molecule has 3 heterocycles. The molecule has 1 aromatic heterocycles. The monoisotopic (exact) mass is 467 g/mol. The summed E-state index contributed by atoms with van der Waals surface area (Å²) in [6.07, 6.45) is -3.30. The fourth-order valence-corrected chi connectivity index (χ4v) is 3.90. The molecule has 174 valence electrons. The number of hydrogen-bond donors (Lipinski definition) is 1. The van der Waals surface area contributed by atoms with Crippen molar-refractivity contribution in [3.05, 3.63) is 65.4 Å². The number of methoxy groups -OCH3 is 1. The van der Waals surface area contributed by atoms with Crippen molar-refractivity contribution in [2.24, 2.45) is 5.73 Å². The van der Waals surface area contributed by atoms with Gasteiger partial charge in [-0.3, -0.25) is 14.4 Å². The average Bonchev–Trinajstić information content (AvgIpc) is 3.34. The van der Waals surface area contributed by atoms with Gasteiger partial charge >= 0.3 is 0 Å². The summed E-state index contributed by atoms with van der Waals surface area (Å²) < 4.78 is 73.5. The molecule has 0 unspecified atom stereocenters. The van der Waals surface area contributed by atoms with Gasteiger partial charge < -0.3 is 20.3 Å². The van der Waals surface area contributed by atoms with Crippen molar-refractivity contribution in [2.75, 3.05) is 30.0 Å². The van der Waals surface area contributed by atoms with Crippen molar-refractivity contribution in [3.63, 3.8) is 0 Å². The summed E-state index contributed by atoms with van der Waals surface area (Å²) in [4.78, 5) is 40.4. The number of carbonyl (C=O) groups is 3. The van der Waals surface area contributed by atoms with E-state index in [1.807, 2.05) is 0 Å². The van der Waals surface area contributed by atoms with Crippen LogP contribution in [0.3, 0.4) is 0 Å². The number of piperidine rings is 1. The van der Waals surface area contributed by atoms with Crippen LogP contribution < -0.4 is 20.3 Å². The zero-order valence-corrected chi connectivity index (χ0v) is 18.1. The summed E-state index contributed by atoms with van der Waals surface area (Å²) in [5.41, 5.74) is 4.80. The number of primary amides is 1. The zero-order chi connectivity index (χ0) is 30.9. The van der Waals surface area contributed by atoms with Crippen molar-refractivity contribution in [1.29, 1.82) is 0 Å². The number of carbonyl (C=O) groups excluding carboxylic acids is 3. The Morgan fingerprint density at radius 1 is 1.06 bits per heavy atom. The highest BCUT2D eigenvalue weighted by molar-refractivity contribution is 6.09. The number of aromatic nitrogens is 2. The van der Waals surface area contributed by atoms with Gasteiger partial charge in [-0.05, 0) is 67.7 Å². The van der Waals surface area contributed by atoms with Gasteiger partial charge in [0.2, 0.25) is 5.91 Å². The molecular formula is C25H25N5O4. The summed E-state index contributed by atoms with van der Waals surface area (Å²) in [7, 11) is 1.48. The first-order valence-corrected chi connectivity index (χ1v) is 10.5. The summed E-state index contributed by atoms with van der Waals surface area (Å²) in [6.45, 7) is -2.65. The molecule has 9 heteroatoms. The minimum Gasteiger partial charge on any atom is -0.497 e. The SMILES string of the molecule is [2H]c1c([2H])c(N2C(=O)C([2H])([2H])CCC2([2H])[2H])c([2H])c([2H])c1N1CCc2c(C(N)=O)nn(-c3ccc(OC)cc3)c2C1=O. The van der Waals surface area contributed by atoms with Crippen LogP contribution in [-0.2, 0) is 11.2 Å². The Labute approximate surface area is 207 Å². The number of benzene rings is 2. The lowest BCUT2D eigenvalue weighted by Crippen LogP contribution is -2.39. The molecule has 0 aliphatic carbocycles. The van der Waals surface area contributed by atoms with Crippen LogP contribution in [-0.4, -0.2) is 47.7 Å². The highest BCUT2D eigenvalue weighted by atomic mass is 16.5. The Balaban J connectivity index is 1.65. The first-order valence-electron chi connectivity index (χ1n) is 14.5. The van der Waals surface area contributed by atoms with Gasteiger partial charge in [0.1, 0.15) is 11.4 Å². The Bertz CT molecular complexity index is 1630. The Kier molecular flexibility index (Phi) is 3.62. The zero-order valence-electron chi connectivity index (χ0n) is 26.1. The molecule has 2 N–H and O–H groups in total. The maximum absolute atomic E-state index is 13.9. The number of anilines is 2. The van der Waals surface area contributed by atoms with Crippen molar-refractivity contribution in [1.82, 2.24) is 9.78 Å². The Hall–Kier alpha value is -4.14. The van der Waals surface area contributed by atoms with E-state index in [1.54, 1.807) is 24.3 Å². The number of fused-ring (bicyclic) bond motifs is 1. The van der Waals surface area contributed by atoms with E-state index in [4.69, 9.17) is 21.4 Å². The number of amides is 3. The molecule has 0 spiro atoms. The predicted molar refractivity (Wildman–Crippen MR) is 127 cm³/mol. The van der Waals surface area contributed by atoms with E-state index in [1.165, 1.54) is 11.8 Å². The van der Waals surface area contributed by atoms with Gasteiger partial charge in [-0.1, -0.05) is 0 Å². The maximum atomic E-state index is 13.9. The van der Waals surface area contributed by atoms with Crippen molar-refractivity contribution >= 4 is 29.1 Å². The van der Waals surface area contributed by atoms with Crippen LogP contribution in [0.2, 0.25) is 0 Å². The Morgan fingerprint density at radius 2 is 1.74 bits per heavy atom. The summed E-state index contributed by atoms with van der Waals surface area (Å²) in [5.74, 6) is -2.46. The average molecular weight is 468 g/mol. The van der Waals surface area contributed by atoms with Crippen LogP contribution in [0.5, 0.6) is 5.75 Å². The molecular weight excluding hydrogens is 434 g/mol. The van der Waals surface area contributed by atoms with Crippen LogP contribution in [0, 0.1) is 0 Å². The van der Waals surface area contributed by atoms with Crippen LogP contribution in [0.15, 0.2) is 48.4 Å². The molecule has 0 bridgehead atoms. The van der Waals surface area contributed by atoms with Crippen molar-refractivity contribution < 1.29 is 30.1 Å². The number of rotatable bonds is 5. The molecule has 1 saturated heterocycles. The highest BCUT2D eigenvalue weighted by Gasteiger charge is 2.34. The first-order chi connectivity index (χ1) is 19.6. The molecule has 34 heavy (non-hydrogen) atoms. The van der Waals surface area contributed by atoms with Gasteiger partial charge in [0.15, 0.2) is 5.69 Å². The molecule has 0 saturated carbocycles. The largest absolute Gasteiger partial charge is 0.497 e. The van der Waals surface area contributed by atoms with E-state index < -0.39 is 79.0 Å². The van der Waals surface area contributed by atoms with Crippen molar-refractivity contribution in [2.45, 2.75) is 25.6 Å². The molecule has 9 nitrogen and oxygen atoms in total. The van der Waals surface area contributed by atoms with E-state index >= 15 is 0 Å². The molecule has 2 aliphatic rings.